The minimum Gasteiger partial charge on any atom is -0.368 e. The van der Waals surface area contributed by atoms with Crippen LogP contribution in [0.3, 0.4) is 0 Å². The quantitative estimate of drug-likeness (QED) is 0.845. The van der Waals surface area contributed by atoms with Crippen molar-refractivity contribution in [1.82, 2.24) is 15.0 Å². The zero-order valence-electron chi connectivity index (χ0n) is 11.7. The van der Waals surface area contributed by atoms with Crippen molar-refractivity contribution in [3.63, 3.8) is 0 Å². The van der Waals surface area contributed by atoms with E-state index >= 15 is 0 Å². The van der Waals surface area contributed by atoms with Gasteiger partial charge in [0.25, 0.3) is 0 Å². The highest BCUT2D eigenvalue weighted by atomic mass is 19.1. The summed E-state index contributed by atoms with van der Waals surface area (Å²) in [6, 6.07) is 0.224. The lowest BCUT2D eigenvalue weighted by molar-refractivity contribution is 0.206. The maximum atomic E-state index is 13.8. The summed E-state index contributed by atoms with van der Waals surface area (Å²) >= 11 is 0. The molecule has 0 aliphatic carbocycles. The molecule has 0 aliphatic rings. The van der Waals surface area contributed by atoms with E-state index < -0.39 is 5.67 Å². The van der Waals surface area contributed by atoms with Gasteiger partial charge in [-0.2, -0.15) is 15.0 Å². The fourth-order valence-corrected chi connectivity index (χ4v) is 1.63. The van der Waals surface area contributed by atoms with Gasteiger partial charge in [-0.1, -0.05) is 20.8 Å². The van der Waals surface area contributed by atoms with E-state index in [1.807, 2.05) is 0 Å². The first-order chi connectivity index (χ1) is 8.24. The minimum atomic E-state index is -1.63. The Hall–Kier alpha value is -1.46. The van der Waals surface area contributed by atoms with Crippen LogP contribution in [-0.4, -0.2) is 21.0 Å². The molecule has 5 nitrogen and oxygen atoms in total. The third-order valence-corrected chi connectivity index (χ3v) is 2.74. The molecule has 6 heteroatoms. The largest absolute Gasteiger partial charge is 0.368 e. The van der Waals surface area contributed by atoms with Gasteiger partial charge in [0.2, 0.25) is 11.9 Å². The molecule has 0 aromatic carbocycles. The number of nitrogen functional groups attached to an aromatic ring is 1. The molecule has 102 valence electrons. The fourth-order valence-electron chi connectivity index (χ4n) is 1.63. The van der Waals surface area contributed by atoms with Gasteiger partial charge in [-0.15, -0.1) is 0 Å². The number of nitrogens with two attached hydrogens (primary N) is 1. The van der Waals surface area contributed by atoms with Crippen molar-refractivity contribution in [2.45, 2.75) is 52.8 Å². The van der Waals surface area contributed by atoms with Gasteiger partial charge in [-0.05, 0) is 26.2 Å². The Labute approximate surface area is 107 Å². The van der Waals surface area contributed by atoms with Crippen LogP contribution in [0.25, 0.3) is 0 Å². The highest BCUT2D eigenvalue weighted by Crippen LogP contribution is 2.22. The van der Waals surface area contributed by atoms with Crippen LogP contribution in [0.2, 0.25) is 0 Å². The fraction of sp³-hybridized carbons (Fsp3) is 0.750. The van der Waals surface area contributed by atoms with Crippen LogP contribution in [0.4, 0.5) is 16.3 Å². The summed E-state index contributed by atoms with van der Waals surface area (Å²) in [4.78, 5) is 11.9. The topological polar surface area (TPSA) is 76.7 Å². The maximum Gasteiger partial charge on any atom is 0.228 e. The van der Waals surface area contributed by atoms with E-state index in [0.29, 0.717) is 11.9 Å². The van der Waals surface area contributed by atoms with E-state index in [0.717, 1.165) is 6.42 Å². The monoisotopic (exact) mass is 255 g/mol. The summed E-state index contributed by atoms with van der Waals surface area (Å²) in [6.07, 6.45) is 0.928. The molecule has 0 saturated carbocycles. The molecule has 1 rings (SSSR count). The number of hydrogen-bond donors (Lipinski definition) is 2. The lowest BCUT2D eigenvalue weighted by Crippen LogP contribution is -2.27. The molecule has 0 spiro atoms. The van der Waals surface area contributed by atoms with Gasteiger partial charge in [-0.25, -0.2) is 4.39 Å². The number of aromatic nitrogens is 3. The Balaban J connectivity index is 3.00. The van der Waals surface area contributed by atoms with Crippen LogP contribution in [0.15, 0.2) is 0 Å². The van der Waals surface area contributed by atoms with E-state index in [1.54, 1.807) is 0 Å². The normalized spacial score (nSPS) is 13.7. The Morgan fingerprint density at radius 1 is 1.28 bits per heavy atom. The van der Waals surface area contributed by atoms with E-state index in [4.69, 9.17) is 5.73 Å². The van der Waals surface area contributed by atoms with Gasteiger partial charge in [-0.3, -0.25) is 0 Å². The van der Waals surface area contributed by atoms with Crippen molar-refractivity contribution in [2.75, 3.05) is 11.1 Å². The van der Waals surface area contributed by atoms with Gasteiger partial charge in [0.1, 0.15) is 0 Å². The molecular formula is C12H22FN5. The van der Waals surface area contributed by atoms with Gasteiger partial charge in [0, 0.05) is 6.04 Å². The van der Waals surface area contributed by atoms with Crippen LogP contribution in [-0.2, 0) is 5.67 Å². The van der Waals surface area contributed by atoms with Crippen LogP contribution in [0, 0.1) is 5.92 Å². The average molecular weight is 255 g/mol. The minimum absolute atomic E-state index is 0.0341. The molecule has 1 atom stereocenters. The lowest BCUT2D eigenvalue weighted by Gasteiger charge is -2.21. The van der Waals surface area contributed by atoms with Gasteiger partial charge >= 0.3 is 0 Å². The predicted molar refractivity (Wildman–Crippen MR) is 70.9 cm³/mol. The van der Waals surface area contributed by atoms with E-state index in [9.17, 15) is 4.39 Å². The zero-order chi connectivity index (χ0) is 13.9. The molecule has 0 saturated heterocycles. The third-order valence-electron chi connectivity index (χ3n) is 2.74. The number of nitrogens with one attached hydrogen (secondary N) is 1. The second-order valence-corrected chi connectivity index (χ2v) is 5.22. The molecular weight excluding hydrogens is 233 g/mol. The molecule has 1 aromatic rings. The van der Waals surface area contributed by atoms with Crippen LogP contribution in [0.5, 0.6) is 0 Å². The van der Waals surface area contributed by atoms with Crippen LogP contribution < -0.4 is 11.1 Å². The zero-order valence-corrected chi connectivity index (χ0v) is 11.7. The maximum absolute atomic E-state index is 13.8. The summed E-state index contributed by atoms with van der Waals surface area (Å²) < 4.78 is 13.8. The Morgan fingerprint density at radius 2 is 1.89 bits per heavy atom. The third kappa shape index (κ3) is 3.78. The van der Waals surface area contributed by atoms with Crippen molar-refractivity contribution in [1.29, 1.82) is 0 Å². The number of anilines is 2. The van der Waals surface area contributed by atoms with Gasteiger partial charge < -0.3 is 11.1 Å². The van der Waals surface area contributed by atoms with E-state index in [2.05, 4.69) is 41.0 Å². The summed E-state index contributed by atoms with van der Waals surface area (Å²) in [6.45, 7) is 9.07. The first-order valence-electron chi connectivity index (χ1n) is 6.21. The Kier molecular flexibility index (Phi) is 4.43. The smallest absolute Gasteiger partial charge is 0.228 e. The SMILES string of the molecule is CCC(Nc1nc(N)nc(C(C)(C)F)n1)C(C)C. The first kappa shape index (κ1) is 14.6. The molecule has 0 fully saturated rings. The predicted octanol–water partition coefficient (Wildman–Crippen LogP) is 2.50. The number of rotatable bonds is 5. The molecule has 1 unspecified atom stereocenters. The van der Waals surface area contributed by atoms with Crippen molar-refractivity contribution < 1.29 is 4.39 Å². The number of halogens is 1. The molecule has 1 heterocycles. The van der Waals surface area contributed by atoms with Crippen molar-refractivity contribution >= 4 is 11.9 Å². The molecule has 0 radical (unpaired) electrons. The van der Waals surface area contributed by atoms with E-state index in [1.165, 1.54) is 13.8 Å². The molecule has 1 aromatic heterocycles. The number of nitrogens with zero attached hydrogens (tertiary/aromatic N) is 3. The summed E-state index contributed by atoms with van der Waals surface area (Å²) in [5.74, 6) is 0.849. The van der Waals surface area contributed by atoms with Crippen molar-refractivity contribution in [3.8, 4) is 0 Å². The molecule has 18 heavy (non-hydrogen) atoms. The van der Waals surface area contributed by atoms with Crippen molar-refractivity contribution in [2.24, 2.45) is 5.92 Å². The lowest BCUT2D eigenvalue weighted by atomic mass is 10.0. The van der Waals surface area contributed by atoms with Gasteiger partial charge in [0.05, 0.1) is 0 Å². The molecule has 0 aliphatic heterocycles. The average Bonchev–Trinajstić information content (AvgIpc) is 2.23. The van der Waals surface area contributed by atoms with Gasteiger partial charge in [0.15, 0.2) is 11.5 Å². The molecule has 0 amide bonds. The Morgan fingerprint density at radius 3 is 2.33 bits per heavy atom. The highest BCUT2D eigenvalue weighted by Gasteiger charge is 2.24. The summed E-state index contributed by atoms with van der Waals surface area (Å²) in [5.41, 5.74) is 3.95. The number of alkyl halides is 1. The highest BCUT2D eigenvalue weighted by molar-refractivity contribution is 5.33. The number of hydrogen-bond acceptors (Lipinski definition) is 5. The first-order valence-corrected chi connectivity index (χ1v) is 6.21. The van der Waals surface area contributed by atoms with Crippen LogP contribution in [0.1, 0.15) is 46.9 Å². The standard InChI is InChI=1S/C12H22FN5/c1-6-8(7(2)3)15-11-17-9(12(4,5)13)16-10(14)18-11/h7-8H,6H2,1-5H3,(H3,14,15,16,17,18). The van der Waals surface area contributed by atoms with Crippen molar-refractivity contribution in [3.05, 3.63) is 5.82 Å². The second kappa shape index (κ2) is 5.46. The second-order valence-electron chi connectivity index (χ2n) is 5.22. The summed E-state index contributed by atoms with van der Waals surface area (Å²) in [5, 5.41) is 3.17. The van der Waals surface area contributed by atoms with Crippen LogP contribution >= 0.6 is 0 Å². The Bertz CT molecular complexity index is 400. The molecule has 3 N–H and O–H groups in total. The van der Waals surface area contributed by atoms with E-state index in [-0.39, 0.29) is 17.8 Å². The summed E-state index contributed by atoms with van der Waals surface area (Å²) in [7, 11) is 0. The molecule has 0 bridgehead atoms.